The summed E-state index contributed by atoms with van der Waals surface area (Å²) in [5.74, 6) is -0.971. The molecule has 0 spiro atoms. The van der Waals surface area contributed by atoms with Gasteiger partial charge in [-0.1, -0.05) is 6.92 Å². The number of anilines is 1. The zero-order chi connectivity index (χ0) is 21.3. The molecule has 1 aliphatic heterocycles. The number of nitrogens with zero attached hydrogens (tertiary/aromatic N) is 1. The quantitative estimate of drug-likeness (QED) is 0.672. The lowest BCUT2D eigenvalue weighted by atomic mass is 10.0. The average Bonchev–Trinajstić information content (AvgIpc) is 3.05. The zero-order valence-corrected chi connectivity index (χ0v) is 19.5. The van der Waals surface area contributed by atoms with Crippen LogP contribution in [0, 0.1) is 0 Å². The van der Waals surface area contributed by atoms with Gasteiger partial charge in [0.15, 0.2) is 9.84 Å². The average molecular weight is 472 g/mol. The van der Waals surface area contributed by atoms with Crippen molar-refractivity contribution in [2.24, 2.45) is 5.73 Å². The number of hydrogen-bond acceptors (Lipinski definition) is 6. The van der Waals surface area contributed by atoms with E-state index in [0.717, 1.165) is 23.5 Å². The summed E-state index contributed by atoms with van der Waals surface area (Å²) < 4.78 is 23.9. The van der Waals surface area contributed by atoms with Gasteiger partial charge < -0.3 is 11.1 Å². The highest BCUT2D eigenvalue weighted by Crippen LogP contribution is 2.37. The first-order chi connectivity index (χ1) is 13.6. The number of nitrogens with one attached hydrogen (secondary N) is 1. The zero-order valence-electron chi connectivity index (χ0n) is 17.1. The van der Waals surface area contributed by atoms with E-state index in [4.69, 9.17) is 5.73 Å². The summed E-state index contributed by atoms with van der Waals surface area (Å²) in [6, 6.07) is 6.16. The molecule has 0 aliphatic carbocycles. The maximum absolute atomic E-state index is 12.7. The summed E-state index contributed by atoms with van der Waals surface area (Å²) in [4.78, 5) is 28.3. The highest BCUT2D eigenvalue weighted by atomic mass is 35.5. The monoisotopic (exact) mass is 471 g/mol. The van der Waals surface area contributed by atoms with E-state index in [1.165, 1.54) is 35.6 Å². The molecule has 0 fully saturated rings. The van der Waals surface area contributed by atoms with Crippen molar-refractivity contribution < 1.29 is 18.0 Å². The van der Waals surface area contributed by atoms with Gasteiger partial charge >= 0.3 is 0 Å². The van der Waals surface area contributed by atoms with Crippen molar-refractivity contribution in [1.82, 2.24) is 4.90 Å². The van der Waals surface area contributed by atoms with Crippen LogP contribution in [0.2, 0.25) is 0 Å². The minimum Gasteiger partial charge on any atom is -0.365 e. The topological polar surface area (TPSA) is 110 Å². The van der Waals surface area contributed by atoms with Crippen LogP contribution < -0.4 is 11.1 Å². The number of sulfone groups is 1. The van der Waals surface area contributed by atoms with Crippen molar-refractivity contribution in [3.63, 3.8) is 0 Å². The second-order valence-corrected chi connectivity index (χ2v) is 10.7. The minimum atomic E-state index is -3.33. The number of thiophene rings is 1. The molecule has 30 heavy (non-hydrogen) atoms. The van der Waals surface area contributed by atoms with E-state index in [9.17, 15) is 18.0 Å². The number of hydrogen-bond donors (Lipinski definition) is 2. The first kappa shape index (κ1) is 24.3. The summed E-state index contributed by atoms with van der Waals surface area (Å²) in [5.41, 5.74) is 7.22. The molecule has 1 aromatic carbocycles. The van der Waals surface area contributed by atoms with Crippen molar-refractivity contribution in [3.05, 3.63) is 45.8 Å². The number of primary amides is 1. The number of carbonyl (C=O) groups excluding carboxylic acids is 2. The van der Waals surface area contributed by atoms with Gasteiger partial charge in [0, 0.05) is 29.6 Å². The van der Waals surface area contributed by atoms with Crippen LogP contribution in [-0.4, -0.2) is 43.5 Å². The Balaban J connectivity index is 0.00000320. The first-order valence-electron chi connectivity index (χ1n) is 9.46. The van der Waals surface area contributed by atoms with Gasteiger partial charge in [0.1, 0.15) is 5.00 Å². The number of rotatable bonds is 6. The van der Waals surface area contributed by atoms with Crippen LogP contribution in [0.25, 0.3) is 0 Å². The Hall–Kier alpha value is -1.94. The van der Waals surface area contributed by atoms with E-state index >= 15 is 0 Å². The fourth-order valence-corrected chi connectivity index (χ4v) is 5.53. The highest BCUT2D eigenvalue weighted by Gasteiger charge is 2.28. The minimum absolute atomic E-state index is 0. The predicted octanol–water partition coefficient (Wildman–Crippen LogP) is 3.08. The Morgan fingerprint density at radius 1 is 1.23 bits per heavy atom. The molecule has 0 saturated heterocycles. The third-order valence-electron chi connectivity index (χ3n) is 5.15. The van der Waals surface area contributed by atoms with Crippen LogP contribution in [0.15, 0.2) is 29.2 Å². The number of fused-ring (bicyclic) bond motifs is 1. The van der Waals surface area contributed by atoms with Crippen molar-refractivity contribution >= 4 is 50.4 Å². The van der Waals surface area contributed by atoms with Crippen LogP contribution in [0.4, 0.5) is 5.00 Å². The standard InChI is InChI=1S/C20H25N3O4S2.ClH/c1-4-29(26,27)14-7-5-13(6-8-14)19(25)22-20-17(18(21)24)15-9-10-23(12(2)3)11-16(15)28-20;/h5-8,12H,4,9-11H2,1-3H3,(H2,21,24)(H,22,25);1H. The Morgan fingerprint density at radius 2 is 1.87 bits per heavy atom. The molecular weight excluding hydrogens is 446 g/mol. The molecule has 1 aliphatic rings. The predicted molar refractivity (Wildman–Crippen MR) is 121 cm³/mol. The van der Waals surface area contributed by atoms with Crippen LogP contribution in [0.5, 0.6) is 0 Å². The molecule has 0 saturated carbocycles. The molecular formula is C20H26ClN3O4S2. The van der Waals surface area contributed by atoms with Gasteiger partial charge in [0.25, 0.3) is 11.8 Å². The molecule has 2 aromatic rings. The Kier molecular flexibility index (Phi) is 7.68. The Labute approximate surface area is 187 Å². The summed E-state index contributed by atoms with van der Waals surface area (Å²) in [7, 11) is -3.33. The lowest BCUT2D eigenvalue weighted by Crippen LogP contribution is -2.35. The van der Waals surface area contributed by atoms with Gasteiger partial charge in [0.2, 0.25) is 0 Å². The third-order valence-corrected chi connectivity index (χ3v) is 8.03. The van der Waals surface area contributed by atoms with Gasteiger partial charge in [-0.25, -0.2) is 8.42 Å². The molecule has 1 aromatic heterocycles. The summed E-state index contributed by atoms with van der Waals surface area (Å²) >= 11 is 1.38. The van der Waals surface area contributed by atoms with E-state index in [1.54, 1.807) is 6.92 Å². The molecule has 3 rings (SSSR count). The van der Waals surface area contributed by atoms with E-state index in [0.29, 0.717) is 28.6 Å². The number of amides is 2. The summed E-state index contributed by atoms with van der Waals surface area (Å²) in [5, 5.41) is 3.24. The normalized spacial score (nSPS) is 14.1. The first-order valence-corrected chi connectivity index (χ1v) is 11.9. The highest BCUT2D eigenvalue weighted by molar-refractivity contribution is 7.91. The van der Waals surface area contributed by atoms with E-state index in [-0.39, 0.29) is 23.1 Å². The smallest absolute Gasteiger partial charge is 0.256 e. The van der Waals surface area contributed by atoms with E-state index in [1.807, 2.05) is 0 Å². The van der Waals surface area contributed by atoms with Crippen molar-refractivity contribution in [2.75, 3.05) is 17.6 Å². The molecule has 0 radical (unpaired) electrons. The van der Waals surface area contributed by atoms with Crippen LogP contribution >= 0.6 is 23.7 Å². The second-order valence-electron chi connectivity index (χ2n) is 7.27. The maximum Gasteiger partial charge on any atom is 0.256 e. The van der Waals surface area contributed by atoms with Crippen molar-refractivity contribution in [2.45, 2.75) is 44.7 Å². The number of nitrogens with two attached hydrogens (primary N) is 1. The maximum atomic E-state index is 12.7. The molecule has 0 unspecified atom stereocenters. The molecule has 3 N–H and O–H groups in total. The lowest BCUT2D eigenvalue weighted by Gasteiger charge is -2.30. The summed E-state index contributed by atoms with van der Waals surface area (Å²) in [6.07, 6.45) is 0.710. The van der Waals surface area contributed by atoms with Gasteiger partial charge in [-0.3, -0.25) is 14.5 Å². The fourth-order valence-electron chi connectivity index (χ4n) is 3.37. The number of halogens is 1. The second kappa shape index (κ2) is 9.47. The molecule has 2 heterocycles. The SMILES string of the molecule is CCS(=O)(=O)c1ccc(C(=O)Nc2sc3c(c2C(N)=O)CCN(C(C)C)C3)cc1.Cl. The molecule has 7 nitrogen and oxygen atoms in total. The Bertz CT molecular complexity index is 1050. The molecule has 0 bridgehead atoms. The van der Waals surface area contributed by atoms with Crippen LogP contribution in [0.1, 0.15) is 51.9 Å². The van der Waals surface area contributed by atoms with Gasteiger partial charge in [-0.15, -0.1) is 23.7 Å². The van der Waals surface area contributed by atoms with Crippen LogP contribution in [-0.2, 0) is 22.8 Å². The van der Waals surface area contributed by atoms with Gasteiger partial charge in [0.05, 0.1) is 16.2 Å². The number of benzene rings is 1. The molecule has 2 amide bonds. The fraction of sp³-hybridized carbons (Fsp3) is 0.400. The molecule has 0 atom stereocenters. The lowest BCUT2D eigenvalue weighted by molar-refractivity contribution is 0.0999. The number of carbonyl (C=O) groups is 2. The van der Waals surface area contributed by atoms with E-state index in [2.05, 4.69) is 24.1 Å². The van der Waals surface area contributed by atoms with E-state index < -0.39 is 21.7 Å². The third kappa shape index (κ3) is 4.85. The molecule has 10 heteroatoms. The van der Waals surface area contributed by atoms with Crippen molar-refractivity contribution in [3.8, 4) is 0 Å². The van der Waals surface area contributed by atoms with Crippen molar-refractivity contribution in [1.29, 1.82) is 0 Å². The van der Waals surface area contributed by atoms with Crippen LogP contribution in [0.3, 0.4) is 0 Å². The Morgan fingerprint density at radius 3 is 2.40 bits per heavy atom. The largest absolute Gasteiger partial charge is 0.365 e. The van der Waals surface area contributed by atoms with Gasteiger partial charge in [-0.05, 0) is 50.1 Å². The molecule has 164 valence electrons. The summed E-state index contributed by atoms with van der Waals surface area (Å²) in [6.45, 7) is 7.37. The van der Waals surface area contributed by atoms with Gasteiger partial charge in [-0.2, -0.15) is 0 Å².